The predicted octanol–water partition coefficient (Wildman–Crippen LogP) is -1.81. The second kappa shape index (κ2) is 5.35. The van der Waals surface area contributed by atoms with Crippen molar-refractivity contribution in [3.63, 3.8) is 0 Å². The third-order valence-corrected chi connectivity index (χ3v) is 2.21. The van der Waals surface area contributed by atoms with Crippen LogP contribution in [0.5, 0.6) is 0 Å². The van der Waals surface area contributed by atoms with E-state index in [2.05, 4.69) is 5.32 Å². The summed E-state index contributed by atoms with van der Waals surface area (Å²) >= 11 is 0. The topological polar surface area (TPSA) is 121 Å². The molecule has 0 radical (unpaired) electrons. The maximum absolute atomic E-state index is 10.5. The summed E-state index contributed by atoms with van der Waals surface area (Å²) in [5.41, 5.74) is 0. The Bertz CT molecular complexity index is 362. The number of likely N-dealkylation sites (N-methyl/N-ethyl adjacent to an activating group) is 1. The molecule has 0 fully saturated rings. The second-order valence-corrected chi connectivity index (χ2v) is 3.33. The van der Waals surface area contributed by atoms with Crippen LogP contribution in [0.15, 0.2) is 0 Å². The molecule has 0 rings (SSSR count). The monoisotopic (exact) mass is 223 g/mol. The first-order valence-electron chi connectivity index (χ1n) is 3.47. The molecule has 0 aliphatic rings. The van der Waals surface area contributed by atoms with E-state index >= 15 is 0 Å². The van der Waals surface area contributed by atoms with Crippen molar-refractivity contribution in [3.05, 3.63) is 0 Å². The Hall–Kier alpha value is -1.41. The van der Waals surface area contributed by atoms with Crippen LogP contribution in [-0.4, -0.2) is 48.5 Å². The molecule has 0 unspecified atom stereocenters. The maximum atomic E-state index is 10.5. The first-order valence-corrected chi connectivity index (χ1v) is 4.54. The molecule has 8 heteroatoms. The van der Waals surface area contributed by atoms with Crippen LogP contribution >= 0.6 is 0 Å². The maximum Gasteiger partial charge on any atom is 0.326 e. The summed E-state index contributed by atoms with van der Waals surface area (Å²) in [5, 5.41) is 19.1. The molecule has 0 aromatic carbocycles. The number of carboxylic acid groups (broad SMARTS) is 2. The fourth-order valence-corrected chi connectivity index (χ4v) is 1.48. The third-order valence-electron chi connectivity index (χ3n) is 1.40. The number of rotatable bonds is 5. The summed E-state index contributed by atoms with van der Waals surface area (Å²) in [5.74, 6) is -2.83. The first-order chi connectivity index (χ1) is 6.40. The van der Waals surface area contributed by atoms with Gasteiger partial charge >= 0.3 is 11.9 Å². The van der Waals surface area contributed by atoms with Crippen LogP contribution in [-0.2, 0) is 19.9 Å². The summed E-state index contributed by atoms with van der Waals surface area (Å²) in [7, 11) is -1.60. The number of carbonyl (C=O) groups is 2. The smallest absolute Gasteiger partial charge is 0.326 e. The van der Waals surface area contributed by atoms with Gasteiger partial charge in [-0.25, -0.2) is 0 Å². The Morgan fingerprint density at radius 2 is 1.86 bits per heavy atom. The number of carboxylic acids is 2. The van der Waals surface area contributed by atoms with Crippen LogP contribution < -0.4 is 5.32 Å². The van der Waals surface area contributed by atoms with Crippen molar-refractivity contribution in [1.29, 1.82) is 0 Å². The zero-order valence-electron chi connectivity index (χ0n) is 7.22. The molecule has 0 heterocycles. The molecule has 0 amide bonds. The Labute approximate surface area is 80.9 Å². The summed E-state index contributed by atoms with van der Waals surface area (Å²) in [4.78, 5) is 20.1. The van der Waals surface area contributed by atoms with Crippen LogP contribution in [0, 0.1) is 0 Å². The average Bonchev–Trinajstić information content (AvgIpc) is 2.02. The highest BCUT2D eigenvalue weighted by atomic mass is 32.2. The van der Waals surface area contributed by atoms with Crippen molar-refractivity contribution in [2.24, 2.45) is 0 Å². The largest absolute Gasteiger partial charge is 0.481 e. The number of hydrogen-bond donors (Lipinski definition) is 3. The van der Waals surface area contributed by atoms with Gasteiger partial charge in [-0.05, 0) is 7.05 Å². The van der Waals surface area contributed by atoms with Crippen molar-refractivity contribution >= 4 is 27.1 Å². The molecule has 0 aliphatic heterocycles. The van der Waals surface area contributed by atoms with Gasteiger partial charge < -0.3 is 15.5 Å². The van der Waals surface area contributed by atoms with E-state index in [-0.39, 0.29) is 0 Å². The van der Waals surface area contributed by atoms with Gasteiger partial charge in [0, 0.05) is 0 Å². The zero-order valence-corrected chi connectivity index (χ0v) is 8.04. The van der Waals surface area contributed by atoms with Crippen LogP contribution in [0.25, 0.3) is 0 Å². The van der Waals surface area contributed by atoms with Crippen molar-refractivity contribution in [2.75, 3.05) is 7.05 Å². The number of hydrogen-bond acceptors (Lipinski definition) is 5. The van der Waals surface area contributed by atoms with E-state index in [4.69, 9.17) is 10.2 Å². The van der Waals surface area contributed by atoms with Crippen LogP contribution in [0.4, 0.5) is 0 Å². The normalized spacial score (nSPS) is 11.8. The molecular formula is C6H9NO6S. The summed E-state index contributed by atoms with van der Waals surface area (Å²) < 4.78 is 21.1. The Kier molecular flexibility index (Phi) is 4.81. The van der Waals surface area contributed by atoms with Gasteiger partial charge in [-0.15, -0.1) is 0 Å². The van der Waals surface area contributed by atoms with Crippen LogP contribution in [0.2, 0.25) is 0 Å². The third kappa shape index (κ3) is 3.54. The average molecular weight is 223 g/mol. The molecule has 0 aromatic rings. The Balaban J connectivity index is 5.12. The molecule has 0 saturated carbocycles. The first kappa shape index (κ1) is 12.6. The molecule has 0 aliphatic carbocycles. The second-order valence-electron chi connectivity index (χ2n) is 2.33. The highest BCUT2D eigenvalue weighted by molar-refractivity contribution is 7.73. The van der Waals surface area contributed by atoms with E-state index in [0.717, 1.165) is 0 Å². The van der Waals surface area contributed by atoms with E-state index < -0.39 is 39.6 Å². The van der Waals surface area contributed by atoms with Gasteiger partial charge in [0.2, 0.25) is 10.3 Å². The van der Waals surface area contributed by atoms with Gasteiger partial charge in [0.1, 0.15) is 6.04 Å². The van der Waals surface area contributed by atoms with Crippen molar-refractivity contribution in [2.45, 2.75) is 12.5 Å². The summed E-state index contributed by atoms with van der Waals surface area (Å²) in [6, 6.07) is -1.50. The van der Waals surface area contributed by atoms with Gasteiger partial charge in [0.05, 0.1) is 11.3 Å². The molecule has 0 bridgehead atoms. The fraction of sp³-hybridized carbons (Fsp3) is 0.500. The Morgan fingerprint density at radius 1 is 1.36 bits per heavy atom. The van der Waals surface area contributed by atoms with E-state index in [9.17, 15) is 18.0 Å². The lowest BCUT2D eigenvalue weighted by Crippen LogP contribution is -2.42. The van der Waals surface area contributed by atoms with E-state index in [1.54, 1.807) is 0 Å². The van der Waals surface area contributed by atoms with Crippen molar-refractivity contribution in [1.82, 2.24) is 5.32 Å². The van der Waals surface area contributed by atoms with Gasteiger partial charge in [-0.1, -0.05) is 0 Å². The summed E-state index contributed by atoms with van der Waals surface area (Å²) in [6.45, 7) is 0. The van der Waals surface area contributed by atoms with Crippen LogP contribution in [0.1, 0.15) is 6.42 Å². The quantitative estimate of drug-likeness (QED) is 0.469. The van der Waals surface area contributed by atoms with Crippen molar-refractivity contribution in [3.8, 4) is 0 Å². The van der Waals surface area contributed by atoms with Gasteiger partial charge in [-0.3, -0.25) is 9.59 Å². The molecule has 0 aromatic heterocycles. The summed E-state index contributed by atoms with van der Waals surface area (Å²) in [6.07, 6.45) is -0.825. The lowest BCUT2D eigenvalue weighted by atomic mass is 10.1. The fourth-order valence-electron chi connectivity index (χ4n) is 0.828. The van der Waals surface area contributed by atoms with Gasteiger partial charge in [-0.2, -0.15) is 8.42 Å². The standard InChI is InChI=1S/C6H9NO6S/c1-7-5(6(10)11)3(14(12)13)2-4(8)9/h5,7H,2H2,1H3,(H,8,9)(H,10,11)/t5-/m1/s1. The van der Waals surface area contributed by atoms with E-state index in [1.165, 1.54) is 7.05 Å². The minimum atomic E-state index is -2.83. The molecule has 7 nitrogen and oxygen atoms in total. The minimum Gasteiger partial charge on any atom is -0.481 e. The van der Waals surface area contributed by atoms with E-state index in [0.29, 0.717) is 0 Å². The SMILES string of the molecule is CN[C@@H](C(=O)O)C(CC(=O)O)=S(=O)=O. The van der Waals surface area contributed by atoms with Crippen LogP contribution in [0.3, 0.4) is 0 Å². The van der Waals surface area contributed by atoms with Gasteiger partial charge in [0.15, 0.2) is 0 Å². The molecule has 14 heavy (non-hydrogen) atoms. The zero-order chi connectivity index (χ0) is 11.3. The van der Waals surface area contributed by atoms with E-state index in [1.807, 2.05) is 0 Å². The molecule has 80 valence electrons. The molecule has 0 spiro atoms. The number of aliphatic carboxylic acids is 2. The Morgan fingerprint density at radius 3 is 2.07 bits per heavy atom. The van der Waals surface area contributed by atoms with Crippen molar-refractivity contribution < 1.29 is 28.2 Å². The van der Waals surface area contributed by atoms with Gasteiger partial charge in [0.25, 0.3) is 0 Å². The molecular weight excluding hydrogens is 214 g/mol. The lowest BCUT2D eigenvalue weighted by Gasteiger charge is -2.09. The molecule has 0 saturated heterocycles. The minimum absolute atomic E-state index is 0.604. The lowest BCUT2D eigenvalue weighted by molar-refractivity contribution is -0.137. The highest BCUT2D eigenvalue weighted by Crippen LogP contribution is 1.94. The number of nitrogens with one attached hydrogen (secondary N) is 1. The highest BCUT2D eigenvalue weighted by Gasteiger charge is 2.25. The molecule has 1 atom stereocenters. The predicted molar refractivity (Wildman–Crippen MR) is 46.7 cm³/mol. The molecule has 3 N–H and O–H groups in total.